The number of rotatable bonds is 2. The molecule has 0 amide bonds. The normalized spacial score (nSPS) is 42.9. The van der Waals surface area contributed by atoms with Crippen LogP contribution < -0.4 is 5.43 Å². The molecule has 2 heteroatoms. The molecule has 3 unspecified atom stereocenters. The van der Waals surface area contributed by atoms with Gasteiger partial charge in [0.2, 0.25) is 0 Å². The lowest BCUT2D eigenvalue weighted by Gasteiger charge is -2.69. The highest BCUT2D eigenvalue weighted by atomic mass is 15.5. The highest BCUT2D eigenvalue weighted by molar-refractivity contribution is 5.12. The third-order valence-electron chi connectivity index (χ3n) is 5.97. The second kappa shape index (κ2) is 3.71. The molecule has 0 aromatic heterocycles. The first-order valence-electron chi connectivity index (χ1n) is 6.84. The van der Waals surface area contributed by atoms with Gasteiger partial charge >= 0.3 is 0 Å². The average Bonchev–Trinajstić information content (AvgIpc) is 2.26. The minimum atomic E-state index is 0.502. The van der Waals surface area contributed by atoms with Crippen LogP contribution in [-0.4, -0.2) is 24.1 Å². The van der Waals surface area contributed by atoms with E-state index in [-0.39, 0.29) is 0 Å². The molecule has 1 aliphatic carbocycles. The molecule has 0 aromatic rings. The first-order valence-corrected chi connectivity index (χ1v) is 6.84. The Labute approximate surface area is 101 Å². The lowest BCUT2D eigenvalue weighted by molar-refractivity contribution is -0.217. The largest absolute Gasteiger partial charge is 0.255 e. The average molecular weight is 224 g/mol. The molecule has 16 heavy (non-hydrogen) atoms. The van der Waals surface area contributed by atoms with Crippen LogP contribution in [0.25, 0.3) is 0 Å². The van der Waals surface area contributed by atoms with Gasteiger partial charge in [-0.05, 0) is 42.9 Å². The van der Waals surface area contributed by atoms with Gasteiger partial charge in [0.1, 0.15) is 0 Å². The van der Waals surface area contributed by atoms with Crippen LogP contribution in [-0.2, 0) is 0 Å². The monoisotopic (exact) mass is 224 g/mol. The van der Waals surface area contributed by atoms with Gasteiger partial charge in [0, 0.05) is 19.1 Å². The first-order chi connectivity index (χ1) is 7.34. The molecule has 2 rings (SSSR count). The van der Waals surface area contributed by atoms with Crippen LogP contribution in [0.15, 0.2) is 0 Å². The Morgan fingerprint density at radius 1 is 1.25 bits per heavy atom. The van der Waals surface area contributed by atoms with E-state index in [0.29, 0.717) is 16.9 Å². The van der Waals surface area contributed by atoms with Crippen molar-refractivity contribution in [2.24, 2.45) is 22.7 Å². The maximum atomic E-state index is 3.60. The number of fused-ring (bicyclic) bond motifs is 1. The third-order valence-corrected chi connectivity index (χ3v) is 5.97. The zero-order valence-corrected chi connectivity index (χ0v) is 11.8. The molecule has 0 aromatic carbocycles. The minimum Gasteiger partial charge on any atom is -0.255 e. The zero-order valence-electron chi connectivity index (χ0n) is 11.8. The van der Waals surface area contributed by atoms with E-state index in [1.807, 2.05) is 0 Å². The molecule has 94 valence electrons. The summed E-state index contributed by atoms with van der Waals surface area (Å²) in [7, 11) is 0. The third kappa shape index (κ3) is 1.39. The molecule has 0 bridgehead atoms. The van der Waals surface area contributed by atoms with Gasteiger partial charge in [-0.3, -0.25) is 5.43 Å². The summed E-state index contributed by atoms with van der Waals surface area (Å²) in [5, 5.41) is 2.43. The summed E-state index contributed by atoms with van der Waals surface area (Å²) in [5.74, 6) is 1.75. The summed E-state index contributed by atoms with van der Waals surface area (Å²) in [6.07, 6.45) is 1.31. The van der Waals surface area contributed by atoms with E-state index in [1.54, 1.807) is 0 Å². The van der Waals surface area contributed by atoms with Crippen molar-refractivity contribution in [1.82, 2.24) is 10.4 Å². The van der Waals surface area contributed by atoms with Crippen molar-refractivity contribution in [3.63, 3.8) is 0 Å². The highest BCUT2D eigenvalue weighted by Gasteiger charge is 2.64. The maximum Gasteiger partial charge on any atom is 0.0187 e. The summed E-state index contributed by atoms with van der Waals surface area (Å²) in [4.78, 5) is 0. The zero-order chi connectivity index (χ0) is 12.1. The van der Waals surface area contributed by atoms with E-state index < -0.39 is 0 Å². The van der Waals surface area contributed by atoms with Gasteiger partial charge in [0.15, 0.2) is 0 Å². The molecule has 1 saturated carbocycles. The molecule has 1 saturated heterocycles. The molecule has 0 radical (unpaired) electrons. The van der Waals surface area contributed by atoms with E-state index in [1.165, 1.54) is 19.5 Å². The molecule has 3 atom stereocenters. The molecule has 1 N–H and O–H groups in total. The lowest BCUT2D eigenvalue weighted by Crippen LogP contribution is -2.71. The van der Waals surface area contributed by atoms with Crippen LogP contribution in [0.2, 0.25) is 0 Å². The van der Waals surface area contributed by atoms with E-state index in [4.69, 9.17) is 0 Å². The van der Waals surface area contributed by atoms with Gasteiger partial charge < -0.3 is 0 Å². The van der Waals surface area contributed by atoms with Crippen molar-refractivity contribution < 1.29 is 0 Å². The van der Waals surface area contributed by atoms with Crippen LogP contribution >= 0.6 is 0 Å². The second-order valence-corrected chi connectivity index (χ2v) is 6.81. The molecule has 1 heterocycles. The summed E-state index contributed by atoms with van der Waals surface area (Å²) in [6, 6.07) is 0.616. The van der Waals surface area contributed by atoms with Crippen molar-refractivity contribution in [2.75, 3.05) is 13.1 Å². The number of hydrogen-bond acceptors (Lipinski definition) is 2. The van der Waals surface area contributed by atoms with Crippen molar-refractivity contribution >= 4 is 0 Å². The van der Waals surface area contributed by atoms with Crippen LogP contribution in [0, 0.1) is 22.7 Å². The molecule has 2 aliphatic rings. The van der Waals surface area contributed by atoms with Gasteiger partial charge in [0.25, 0.3) is 0 Å². The quantitative estimate of drug-likeness (QED) is 0.776. The smallest absolute Gasteiger partial charge is 0.0187 e. The predicted octanol–water partition coefficient (Wildman–Crippen LogP) is 2.90. The Morgan fingerprint density at radius 3 is 2.38 bits per heavy atom. The van der Waals surface area contributed by atoms with E-state index in [0.717, 1.165) is 11.8 Å². The fraction of sp³-hybridized carbons (Fsp3) is 1.00. The number of nitrogens with one attached hydrogen (secondary N) is 1. The first kappa shape index (κ1) is 12.4. The Kier molecular flexibility index (Phi) is 2.87. The Balaban J connectivity index is 2.14. The molecule has 2 nitrogen and oxygen atoms in total. The van der Waals surface area contributed by atoms with Crippen molar-refractivity contribution in [3.05, 3.63) is 0 Å². The number of nitrogens with zero attached hydrogens (tertiary/aromatic N) is 1. The van der Waals surface area contributed by atoms with Crippen LogP contribution in [0.4, 0.5) is 0 Å². The van der Waals surface area contributed by atoms with E-state index in [9.17, 15) is 0 Å². The maximum absolute atomic E-state index is 3.60. The molecule has 1 aliphatic heterocycles. The van der Waals surface area contributed by atoms with Gasteiger partial charge in [-0.2, -0.15) is 0 Å². The summed E-state index contributed by atoms with van der Waals surface area (Å²) < 4.78 is 0. The lowest BCUT2D eigenvalue weighted by atomic mass is 9.38. The number of hydrazine groups is 1. The SMILES string of the molecule is CCC1(C)C2CN(C(C)C)NCC2C1(C)C. The van der Waals surface area contributed by atoms with Crippen molar-refractivity contribution in [2.45, 2.75) is 54.0 Å². The highest BCUT2D eigenvalue weighted by Crippen LogP contribution is 2.66. The fourth-order valence-corrected chi connectivity index (χ4v) is 4.08. The van der Waals surface area contributed by atoms with Crippen LogP contribution in [0.5, 0.6) is 0 Å². The fourth-order valence-electron chi connectivity index (χ4n) is 4.08. The minimum absolute atomic E-state index is 0.502. The van der Waals surface area contributed by atoms with Gasteiger partial charge in [-0.1, -0.05) is 27.7 Å². The Bertz CT molecular complexity index is 272. The van der Waals surface area contributed by atoms with Crippen molar-refractivity contribution in [3.8, 4) is 0 Å². The predicted molar refractivity (Wildman–Crippen MR) is 69.0 cm³/mol. The summed E-state index contributed by atoms with van der Waals surface area (Å²) >= 11 is 0. The molecule has 0 spiro atoms. The van der Waals surface area contributed by atoms with Crippen LogP contribution in [0.3, 0.4) is 0 Å². The summed E-state index contributed by atoms with van der Waals surface area (Å²) in [5.41, 5.74) is 4.64. The van der Waals surface area contributed by atoms with E-state index >= 15 is 0 Å². The van der Waals surface area contributed by atoms with Crippen LogP contribution in [0.1, 0.15) is 48.0 Å². The second-order valence-electron chi connectivity index (χ2n) is 6.81. The Hall–Kier alpha value is -0.0800. The van der Waals surface area contributed by atoms with Gasteiger partial charge in [-0.15, -0.1) is 0 Å². The standard InChI is InChI=1S/C14H28N2/c1-7-14(6)12-9-16(10(2)3)15-8-11(12)13(14,4)5/h10-12,15H,7-9H2,1-6H3. The Morgan fingerprint density at radius 2 is 1.88 bits per heavy atom. The topological polar surface area (TPSA) is 15.3 Å². The van der Waals surface area contributed by atoms with E-state index in [2.05, 4.69) is 52.0 Å². The summed E-state index contributed by atoms with van der Waals surface area (Å²) in [6.45, 7) is 16.7. The van der Waals surface area contributed by atoms with Gasteiger partial charge in [0.05, 0.1) is 0 Å². The number of hydrogen-bond donors (Lipinski definition) is 1. The molecule has 2 fully saturated rings. The van der Waals surface area contributed by atoms with Gasteiger partial charge in [-0.25, -0.2) is 5.01 Å². The molecular weight excluding hydrogens is 196 g/mol. The van der Waals surface area contributed by atoms with Crippen molar-refractivity contribution in [1.29, 1.82) is 0 Å². The molecular formula is C14H28N2.